The van der Waals surface area contributed by atoms with Gasteiger partial charge in [0, 0.05) is 12.6 Å². The predicted octanol–water partition coefficient (Wildman–Crippen LogP) is 1.81. The molecule has 19 heavy (non-hydrogen) atoms. The number of likely N-dealkylation sites (N-methyl/N-ethyl adjacent to an activating group) is 1. The summed E-state index contributed by atoms with van der Waals surface area (Å²) in [4.78, 5) is 16.9. The number of piperidine rings is 1. The molecule has 0 spiro atoms. The fraction of sp³-hybridized carbons (Fsp3) is 0.933. The summed E-state index contributed by atoms with van der Waals surface area (Å²) in [6, 6.07) is 0.607. The predicted molar refractivity (Wildman–Crippen MR) is 77.9 cm³/mol. The average molecular weight is 267 g/mol. The number of carbonyl (C=O) groups excluding carboxylic acids is 1. The number of nitrogens with one attached hydrogen (secondary N) is 1. The Morgan fingerprint density at radius 2 is 2.16 bits per heavy atom. The highest BCUT2D eigenvalue weighted by Crippen LogP contribution is 2.21. The molecule has 1 amide bonds. The fourth-order valence-corrected chi connectivity index (χ4v) is 3.31. The molecule has 2 heterocycles. The molecule has 3 unspecified atom stereocenters. The highest BCUT2D eigenvalue weighted by molar-refractivity contribution is 5.84. The van der Waals surface area contributed by atoms with Gasteiger partial charge in [-0.15, -0.1) is 0 Å². The van der Waals surface area contributed by atoms with Crippen molar-refractivity contribution in [2.24, 2.45) is 0 Å². The van der Waals surface area contributed by atoms with Crippen molar-refractivity contribution in [3.8, 4) is 0 Å². The van der Waals surface area contributed by atoms with E-state index in [4.69, 9.17) is 0 Å². The van der Waals surface area contributed by atoms with Crippen LogP contribution in [0.25, 0.3) is 0 Å². The van der Waals surface area contributed by atoms with Crippen molar-refractivity contribution in [1.29, 1.82) is 0 Å². The standard InChI is InChI=1S/C15H29N3O/c1-4-5-9-14-15(19)18(12(2)16-14)11-13-8-6-7-10-17(13)3/h12-14,16H,4-11H2,1-3H3. The first-order valence-electron chi connectivity index (χ1n) is 7.90. The van der Waals surface area contributed by atoms with Crippen LogP contribution in [0.15, 0.2) is 0 Å². The molecule has 0 bridgehead atoms. The maximum absolute atomic E-state index is 12.4. The van der Waals surface area contributed by atoms with Gasteiger partial charge < -0.3 is 9.80 Å². The van der Waals surface area contributed by atoms with E-state index < -0.39 is 0 Å². The Bertz CT molecular complexity index is 308. The third-order valence-electron chi connectivity index (χ3n) is 4.67. The summed E-state index contributed by atoms with van der Waals surface area (Å²) in [7, 11) is 2.19. The lowest BCUT2D eigenvalue weighted by molar-refractivity contribution is -0.130. The minimum Gasteiger partial charge on any atom is -0.325 e. The minimum atomic E-state index is 0.0591. The zero-order chi connectivity index (χ0) is 13.8. The van der Waals surface area contributed by atoms with Crippen molar-refractivity contribution in [2.75, 3.05) is 20.1 Å². The molecule has 2 aliphatic rings. The molecule has 2 saturated heterocycles. The Labute approximate surface area is 117 Å². The second kappa shape index (κ2) is 6.71. The number of nitrogens with zero attached hydrogens (tertiary/aromatic N) is 2. The second-order valence-corrected chi connectivity index (χ2v) is 6.16. The quantitative estimate of drug-likeness (QED) is 0.825. The highest BCUT2D eigenvalue weighted by atomic mass is 16.2. The minimum absolute atomic E-state index is 0.0591. The molecule has 4 heteroatoms. The zero-order valence-electron chi connectivity index (χ0n) is 12.7. The van der Waals surface area contributed by atoms with Gasteiger partial charge in [0.15, 0.2) is 0 Å². The maximum Gasteiger partial charge on any atom is 0.241 e. The van der Waals surface area contributed by atoms with E-state index in [0.717, 1.165) is 25.8 Å². The molecule has 2 aliphatic heterocycles. The van der Waals surface area contributed by atoms with Gasteiger partial charge in [-0.3, -0.25) is 10.1 Å². The summed E-state index contributed by atoms with van der Waals surface area (Å²) in [6.07, 6.45) is 7.30. The molecule has 0 aromatic heterocycles. The van der Waals surface area contributed by atoms with Crippen molar-refractivity contribution < 1.29 is 4.79 Å². The van der Waals surface area contributed by atoms with Crippen LogP contribution in [0.5, 0.6) is 0 Å². The normalized spacial score (nSPS) is 33.1. The molecule has 2 fully saturated rings. The van der Waals surface area contributed by atoms with Crippen molar-refractivity contribution in [2.45, 2.75) is 70.6 Å². The van der Waals surface area contributed by atoms with E-state index in [-0.39, 0.29) is 12.2 Å². The van der Waals surface area contributed by atoms with Gasteiger partial charge in [0.25, 0.3) is 0 Å². The lowest BCUT2D eigenvalue weighted by atomic mass is 10.0. The lowest BCUT2D eigenvalue weighted by Crippen LogP contribution is -2.47. The molecule has 0 aliphatic carbocycles. The van der Waals surface area contributed by atoms with Gasteiger partial charge in [-0.25, -0.2) is 0 Å². The Hall–Kier alpha value is -0.610. The second-order valence-electron chi connectivity index (χ2n) is 6.16. The van der Waals surface area contributed by atoms with E-state index in [0.29, 0.717) is 11.9 Å². The van der Waals surface area contributed by atoms with E-state index in [2.05, 4.69) is 36.0 Å². The van der Waals surface area contributed by atoms with Gasteiger partial charge in [-0.2, -0.15) is 0 Å². The van der Waals surface area contributed by atoms with Crippen molar-refractivity contribution >= 4 is 5.91 Å². The topological polar surface area (TPSA) is 35.6 Å². The molecule has 1 N–H and O–H groups in total. The number of hydrogen-bond donors (Lipinski definition) is 1. The Kier molecular flexibility index (Phi) is 5.22. The van der Waals surface area contributed by atoms with Crippen LogP contribution in [0.2, 0.25) is 0 Å². The molecular formula is C15H29N3O. The molecule has 0 aromatic carbocycles. The smallest absolute Gasteiger partial charge is 0.241 e. The summed E-state index contributed by atoms with van der Waals surface area (Å²) in [5.41, 5.74) is 0. The van der Waals surface area contributed by atoms with E-state index in [1.54, 1.807) is 0 Å². The van der Waals surface area contributed by atoms with Crippen molar-refractivity contribution in [3.63, 3.8) is 0 Å². The summed E-state index contributed by atoms with van der Waals surface area (Å²) >= 11 is 0. The van der Waals surface area contributed by atoms with Gasteiger partial charge >= 0.3 is 0 Å². The van der Waals surface area contributed by atoms with Crippen LogP contribution in [-0.2, 0) is 4.79 Å². The summed E-state index contributed by atoms with van der Waals surface area (Å²) in [5.74, 6) is 0.319. The summed E-state index contributed by atoms with van der Waals surface area (Å²) in [5, 5.41) is 3.45. The summed E-state index contributed by atoms with van der Waals surface area (Å²) < 4.78 is 0. The van der Waals surface area contributed by atoms with Crippen molar-refractivity contribution in [1.82, 2.24) is 15.1 Å². The number of carbonyl (C=O) groups is 1. The first-order valence-corrected chi connectivity index (χ1v) is 7.90. The van der Waals surface area contributed by atoms with Crippen LogP contribution in [0.3, 0.4) is 0 Å². The highest BCUT2D eigenvalue weighted by Gasteiger charge is 2.37. The fourth-order valence-electron chi connectivity index (χ4n) is 3.31. The average Bonchev–Trinajstić information content (AvgIpc) is 2.66. The van der Waals surface area contributed by atoms with Gasteiger partial charge in [0.1, 0.15) is 0 Å². The Morgan fingerprint density at radius 3 is 2.84 bits per heavy atom. The van der Waals surface area contributed by atoms with Crippen LogP contribution < -0.4 is 5.32 Å². The summed E-state index contributed by atoms with van der Waals surface area (Å²) in [6.45, 7) is 6.37. The third-order valence-corrected chi connectivity index (χ3v) is 4.67. The number of hydrogen-bond acceptors (Lipinski definition) is 3. The number of likely N-dealkylation sites (tertiary alicyclic amines) is 1. The molecule has 3 atom stereocenters. The zero-order valence-corrected chi connectivity index (χ0v) is 12.7. The number of unbranched alkanes of at least 4 members (excludes halogenated alkanes) is 1. The van der Waals surface area contributed by atoms with E-state index in [9.17, 15) is 4.79 Å². The third kappa shape index (κ3) is 3.48. The lowest BCUT2D eigenvalue weighted by Gasteiger charge is -2.36. The molecule has 4 nitrogen and oxygen atoms in total. The van der Waals surface area contributed by atoms with Crippen molar-refractivity contribution in [3.05, 3.63) is 0 Å². The van der Waals surface area contributed by atoms with Crippen LogP contribution in [-0.4, -0.2) is 54.1 Å². The van der Waals surface area contributed by atoms with Gasteiger partial charge in [0.2, 0.25) is 5.91 Å². The molecule has 0 radical (unpaired) electrons. The van der Waals surface area contributed by atoms with E-state index >= 15 is 0 Å². The van der Waals surface area contributed by atoms with Crippen LogP contribution >= 0.6 is 0 Å². The molecule has 0 saturated carbocycles. The Morgan fingerprint density at radius 1 is 1.37 bits per heavy atom. The number of amides is 1. The monoisotopic (exact) mass is 267 g/mol. The SMILES string of the molecule is CCCCC1NC(C)N(CC2CCCCN2C)C1=O. The first kappa shape index (κ1) is 14.8. The molecule has 110 valence electrons. The van der Waals surface area contributed by atoms with Crippen LogP contribution in [0.1, 0.15) is 52.4 Å². The van der Waals surface area contributed by atoms with Gasteiger partial charge in [-0.05, 0) is 39.8 Å². The number of rotatable bonds is 5. The van der Waals surface area contributed by atoms with Gasteiger partial charge in [-0.1, -0.05) is 26.2 Å². The van der Waals surface area contributed by atoms with E-state index in [1.165, 1.54) is 25.8 Å². The first-order chi connectivity index (χ1) is 9.13. The molecule has 2 rings (SSSR count). The van der Waals surface area contributed by atoms with E-state index in [1.807, 2.05) is 0 Å². The van der Waals surface area contributed by atoms with Gasteiger partial charge in [0.05, 0.1) is 12.2 Å². The molecular weight excluding hydrogens is 238 g/mol. The van der Waals surface area contributed by atoms with Crippen LogP contribution in [0.4, 0.5) is 0 Å². The largest absolute Gasteiger partial charge is 0.325 e. The van der Waals surface area contributed by atoms with Crippen LogP contribution in [0, 0.1) is 0 Å². The maximum atomic E-state index is 12.4. The molecule has 0 aromatic rings. The Balaban J connectivity index is 1.90.